The molecule has 0 unspecified atom stereocenters. The van der Waals surface area contributed by atoms with Crippen LogP contribution >= 0.6 is 0 Å². The van der Waals surface area contributed by atoms with Crippen LogP contribution in [0.5, 0.6) is 0 Å². The van der Waals surface area contributed by atoms with Crippen LogP contribution < -0.4 is 9.80 Å². The third-order valence-electron chi connectivity index (χ3n) is 3.16. The number of benzene rings is 1. The summed E-state index contributed by atoms with van der Waals surface area (Å²) in [6.45, 7) is 2.29. The molecule has 0 saturated carbocycles. The van der Waals surface area contributed by atoms with Crippen molar-refractivity contribution in [3.8, 4) is 0 Å². The van der Waals surface area contributed by atoms with Crippen molar-refractivity contribution in [3.05, 3.63) is 54.1 Å². The number of pyridine rings is 1. The summed E-state index contributed by atoms with van der Waals surface area (Å²) < 4.78 is 13.3. The second-order valence-corrected chi connectivity index (χ2v) is 4.82. The van der Waals surface area contributed by atoms with Crippen molar-refractivity contribution in [2.45, 2.75) is 6.92 Å². The number of carbonyl (C=O) groups excluding carboxylic acids is 1. The molecule has 5 heteroatoms. The molecule has 0 bridgehead atoms. The second-order valence-electron chi connectivity index (χ2n) is 4.82. The van der Waals surface area contributed by atoms with Gasteiger partial charge < -0.3 is 9.80 Å². The summed E-state index contributed by atoms with van der Waals surface area (Å²) in [5.74, 6) is -0.611. The lowest BCUT2D eigenvalue weighted by atomic mass is 10.2. The van der Waals surface area contributed by atoms with Gasteiger partial charge in [0, 0.05) is 38.2 Å². The van der Waals surface area contributed by atoms with Gasteiger partial charge in [0.15, 0.2) is 0 Å². The van der Waals surface area contributed by atoms with Gasteiger partial charge in [0.05, 0.1) is 0 Å². The van der Waals surface area contributed by atoms with E-state index in [1.165, 1.54) is 17.0 Å². The molecule has 1 amide bonds. The van der Waals surface area contributed by atoms with Crippen molar-refractivity contribution < 1.29 is 9.18 Å². The molecule has 21 heavy (non-hydrogen) atoms. The molecule has 2 rings (SSSR count). The fraction of sp³-hybridized carbons (Fsp3) is 0.250. The second kappa shape index (κ2) is 6.35. The minimum Gasteiger partial charge on any atom is -0.378 e. The zero-order valence-electron chi connectivity index (χ0n) is 12.4. The molecule has 0 aliphatic carbocycles. The quantitative estimate of drug-likeness (QED) is 0.867. The topological polar surface area (TPSA) is 36.4 Å². The van der Waals surface area contributed by atoms with Gasteiger partial charge in [0.25, 0.3) is 5.91 Å². The van der Waals surface area contributed by atoms with E-state index in [0.29, 0.717) is 17.9 Å². The molecule has 0 N–H and O–H groups in total. The van der Waals surface area contributed by atoms with Crippen molar-refractivity contribution in [2.75, 3.05) is 30.4 Å². The molecule has 4 nitrogen and oxygen atoms in total. The lowest BCUT2D eigenvalue weighted by Gasteiger charge is -2.21. The Bertz CT molecular complexity index is 643. The van der Waals surface area contributed by atoms with Gasteiger partial charge in [0.2, 0.25) is 0 Å². The highest BCUT2D eigenvalue weighted by Gasteiger charge is 2.18. The predicted molar refractivity (Wildman–Crippen MR) is 82.3 cm³/mol. The Balaban J connectivity index is 2.34. The highest BCUT2D eigenvalue weighted by atomic mass is 19.1. The molecule has 0 aliphatic rings. The number of nitrogens with zero attached hydrogens (tertiary/aromatic N) is 3. The average molecular weight is 287 g/mol. The molecular formula is C16H18FN3O. The predicted octanol–water partition coefficient (Wildman–Crippen LogP) is 2.95. The maximum Gasteiger partial charge on any atom is 0.276 e. The molecule has 1 aromatic heterocycles. The summed E-state index contributed by atoms with van der Waals surface area (Å²) in [7, 11) is 3.79. The van der Waals surface area contributed by atoms with Gasteiger partial charge in [-0.25, -0.2) is 4.39 Å². The zero-order chi connectivity index (χ0) is 15.4. The van der Waals surface area contributed by atoms with Crippen LogP contribution in [0.1, 0.15) is 17.4 Å². The number of halogens is 1. The summed E-state index contributed by atoms with van der Waals surface area (Å²) in [6, 6.07) is 9.55. The Morgan fingerprint density at radius 3 is 2.57 bits per heavy atom. The Hall–Kier alpha value is -2.43. The summed E-state index contributed by atoms with van der Waals surface area (Å²) in [6.07, 6.45) is 1.60. The van der Waals surface area contributed by atoms with Crippen LogP contribution in [-0.2, 0) is 0 Å². The monoisotopic (exact) mass is 287 g/mol. The third-order valence-corrected chi connectivity index (χ3v) is 3.16. The summed E-state index contributed by atoms with van der Waals surface area (Å²) in [4.78, 5) is 20.1. The first-order valence-electron chi connectivity index (χ1n) is 6.73. The van der Waals surface area contributed by atoms with Crippen molar-refractivity contribution in [1.82, 2.24) is 4.98 Å². The lowest BCUT2D eigenvalue weighted by molar-refractivity contribution is 0.0983. The molecule has 0 fully saturated rings. The van der Waals surface area contributed by atoms with Gasteiger partial charge in [-0.05, 0) is 37.3 Å². The van der Waals surface area contributed by atoms with E-state index < -0.39 is 0 Å². The largest absolute Gasteiger partial charge is 0.378 e. The molecule has 0 saturated heterocycles. The summed E-state index contributed by atoms with van der Waals surface area (Å²) in [5.41, 5.74) is 1.76. The molecule has 110 valence electrons. The first kappa shape index (κ1) is 15.0. The van der Waals surface area contributed by atoms with Gasteiger partial charge in [-0.2, -0.15) is 0 Å². The van der Waals surface area contributed by atoms with E-state index in [9.17, 15) is 9.18 Å². The first-order valence-corrected chi connectivity index (χ1v) is 6.73. The average Bonchev–Trinajstić information content (AvgIpc) is 2.48. The Morgan fingerprint density at radius 2 is 1.95 bits per heavy atom. The van der Waals surface area contributed by atoms with Crippen LogP contribution in [0.25, 0.3) is 0 Å². The van der Waals surface area contributed by atoms with E-state index in [0.717, 1.165) is 5.69 Å². The SMILES string of the molecule is CCN(C(=O)c1cc(N(C)C)ccn1)c1cccc(F)c1. The Kier molecular flexibility index (Phi) is 4.52. The summed E-state index contributed by atoms with van der Waals surface area (Å²) >= 11 is 0. The van der Waals surface area contributed by atoms with Gasteiger partial charge in [-0.15, -0.1) is 0 Å². The number of aromatic nitrogens is 1. The number of carbonyl (C=O) groups is 1. The highest BCUT2D eigenvalue weighted by molar-refractivity contribution is 6.05. The minimum absolute atomic E-state index is 0.244. The maximum absolute atomic E-state index is 13.3. The van der Waals surface area contributed by atoms with Crippen molar-refractivity contribution in [1.29, 1.82) is 0 Å². The molecule has 0 spiro atoms. The third kappa shape index (κ3) is 3.37. The smallest absolute Gasteiger partial charge is 0.276 e. The van der Waals surface area contributed by atoms with Crippen LogP contribution in [0, 0.1) is 5.82 Å². The van der Waals surface area contributed by atoms with Gasteiger partial charge in [-0.3, -0.25) is 9.78 Å². The Morgan fingerprint density at radius 1 is 1.19 bits per heavy atom. The van der Waals surface area contributed by atoms with Crippen LogP contribution in [-0.4, -0.2) is 31.5 Å². The van der Waals surface area contributed by atoms with Crippen molar-refractivity contribution in [3.63, 3.8) is 0 Å². The number of amides is 1. The van der Waals surface area contributed by atoms with Crippen molar-refractivity contribution >= 4 is 17.3 Å². The van der Waals surface area contributed by atoms with Crippen LogP contribution in [0.4, 0.5) is 15.8 Å². The first-order chi connectivity index (χ1) is 10.0. The van der Waals surface area contributed by atoms with Gasteiger partial charge >= 0.3 is 0 Å². The van der Waals surface area contributed by atoms with Gasteiger partial charge in [-0.1, -0.05) is 6.07 Å². The lowest BCUT2D eigenvalue weighted by Crippen LogP contribution is -2.31. The van der Waals surface area contributed by atoms with Crippen LogP contribution in [0.15, 0.2) is 42.6 Å². The van der Waals surface area contributed by atoms with E-state index in [2.05, 4.69) is 4.98 Å². The number of rotatable bonds is 4. The molecular weight excluding hydrogens is 269 g/mol. The minimum atomic E-state index is -0.367. The molecule has 0 aliphatic heterocycles. The van der Waals surface area contributed by atoms with Crippen LogP contribution in [0.3, 0.4) is 0 Å². The summed E-state index contributed by atoms with van der Waals surface area (Å²) in [5, 5.41) is 0. The van der Waals surface area contributed by atoms with E-state index in [1.807, 2.05) is 32.0 Å². The van der Waals surface area contributed by atoms with Crippen LogP contribution in [0.2, 0.25) is 0 Å². The molecule has 0 radical (unpaired) electrons. The molecule has 2 aromatic rings. The Labute approximate surface area is 123 Å². The maximum atomic E-state index is 13.3. The molecule has 0 atom stereocenters. The fourth-order valence-corrected chi connectivity index (χ4v) is 2.04. The zero-order valence-corrected chi connectivity index (χ0v) is 12.4. The van der Waals surface area contributed by atoms with Crippen molar-refractivity contribution in [2.24, 2.45) is 0 Å². The molecule has 1 heterocycles. The normalized spacial score (nSPS) is 10.3. The van der Waals surface area contributed by atoms with E-state index >= 15 is 0 Å². The highest BCUT2D eigenvalue weighted by Crippen LogP contribution is 2.19. The number of hydrogen-bond acceptors (Lipinski definition) is 3. The van der Waals surface area contributed by atoms with E-state index in [4.69, 9.17) is 0 Å². The fourth-order valence-electron chi connectivity index (χ4n) is 2.04. The van der Waals surface area contributed by atoms with E-state index in [-0.39, 0.29) is 11.7 Å². The molecule has 1 aromatic carbocycles. The number of hydrogen-bond donors (Lipinski definition) is 0. The number of anilines is 2. The van der Waals surface area contributed by atoms with E-state index in [1.54, 1.807) is 24.4 Å². The standard InChI is InChI=1S/C16H18FN3O/c1-4-20(14-7-5-6-12(17)10-14)16(21)15-11-13(19(2)3)8-9-18-15/h5-11H,4H2,1-3H3. The van der Waals surface area contributed by atoms with Gasteiger partial charge in [0.1, 0.15) is 11.5 Å².